The Balaban J connectivity index is 3.64. The fraction of sp³-hybridized carbons (Fsp3) is 0.600. The molecule has 86 valence electrons. The molecule has 0 radical (unpaired) electrons. The second-order valence-electron chi connectivity index (χ2n) is 3.19. The molecule has 0 bridgehead atoms. The third-order valence-electron chi connectivity index (χ3n) is 1.85. The molecular weight excluding hydrogens is 196 g/mol. The molecule has 0 spiro atoms. The van der Waals surface area contributed by atoms with Crippen molar-refractivity contribution in [1.82, 2.24) is 5.32 Å². The van der Waals surface area contributed by atoms with Crippen LogP contribution >= 0.6 is 0 Å². The van der Waals surface area contributed by atoms with Crippen molar-refractivity contribution in [1.29, 1.82) is 0 Å². The van der Waals surface area contributed by atoms with E-state index in [1.54, 1.807) is 0 Å². The predicted octanol–water partition coefficient (Wildman–Crippen LogP) is 0.261. The maximum absolute atomic E-state index is 11.3. The van der Waals surface area contributed by atoms with E-state index in [1.165, 1.54) is 0 Å². The van der Waals surface area contributed by atoms with Crippen molar-refractivity contribution in [3.63, 3.8) is 0 Å². The lowest BCUT2D eigenvalue weighted by Crippen LogP contribution is -2.41. The Kier molecular flexibility index (Phi) is 7.27. The van der Waals surface area contributed by atoms with Gasteiger partial charge in [0.05, 0.1) is 6.04 Å². The minimum absolute atomic E-state index is 0.0799. The molecule has 1 unspecified atom stereocenters. The molecule has 0 rings (SSSR count). The smallest absolute Gasteiger partial charge is 0.303 e. The van der Waals surface area contributed by atoms with Crippen LogP contribution in [0.4, 0.5) is 0 Å². The van der Waals surface area contributed by atoms with Crippen molar-refractivity contribution in [2.45, 2.75) is 32.2 Å². The molecule has 0 aliphatic carbocycles. The minimum atomic E-state index is -0.938. The average Bonchev–Trinajstić information content (AvgIpc) is 2.20. The molecule has 0 saturated carbocycles. The van der Waals surface area contributed by atoms with E-state index < -0.39 is 12.0 Å². The quantitative estimate of drug-likeness (QED) is 0.418. The maximum atomic E-state index is 11.3. The molecule has 0 aliphatic heterocycles. The number of hydrogen-bond acceptors (Lipinski definition) is 3. The highest BCUT2D eigenvalue weighted by Gasteiger charge is 2.13. The second kappa shape index (κ2) is 7.99. The summed E-state index contributed by atoms with van der Waals surface area (Å²) in [4.78, 5) is 21.5. The first kappa shape index (κ1) is 13.6. The zero-order chi connectivity index (χ0) is 11.7. The van der Waals surface area contributed by atoms with Crippen LogP contribution in [0, 0.1) is 0 Å². The molecule has 0 heterocycles. The molecule has 1 amide bonds. The van der Waals surface area contributed by atoms with Crippen LogP contribution < -0.4 is 11.1 Å². The summed E-state index contributed by atoms with van der Waals surface area (Å²) in [7, 11) is 0. The van der Waals surface area contributed by atoms with Crippen molar-refractivity contribution in [2.24, 2.45) is 5.73 Å². The number of carbonyl (C=O) groups is 2. The number of rotatable bonds is 7. The van der Waals surface area contributed by atoms with Gasteiger partial charge in [-0.15, -0.1) is 0 Å². The number of aliphatic carboxylic acids is 1. The topological polar surface area (TPSA) is 92.4 Å². The van der Waals surface area contributed by atoms with E-state index in [0.717, 1.165) is 6.42 Å². The number of nitrogens with one attached hydrogen (secondary N) is 1. The number of hydrogen-bond donors (Lipinski definition) is 3. The van der Waals surface area contributed by atoms with Crippen LogP contribution in [0.5, 0.6) is 0 Å². The van der Waals surface area contributed by atoms with Gasteiger partial charge in [0.1, 0.15) is 0 Å². The van der Waals surface area contributed by atoms with E-state index in [2.05, 4.69) is 5.32 Å². The number of amides is 1. The summed E-state index contributed by atoms with van der Waals surface area (Å²) in [6, 6.07) is -0.730. The second-order valence-corrected chi connectivity index (χ2v) is 3.19. The first-order chi connectivity index (χ1) is 7.07. The number of nitrogens with two attached hydrogens (primary N) is 1. The van der Waals surface area contributed by atoms with Gasteiger partial charge in [-0.2, -0.15) is 0 Å². The first-order valence-corrected chi connectivity index (χ1v) is 4.94. The van der Waals surface area contributed by atoms with Crippen LogP contribution in [0.2, 0.25) is 0 Å². The van der Waals surface area contributed by atoms with E-state index in [0.29, 0.717) is 6.54 Å². The van der Waals surface area contributed by atoms with Gasteiger partial charge in [-0.25, -0.2) is 0 Å². The Morgan fingerprint density at radius 1 is 1.53 bits per heavy atom. The Hall–Kier alpha value is -1.36. The zero-order valence-corrected chi connectivity index (χ0v) is 8.90. The molecule has 0 aromatic carbocycles. The van der Waals surface area contributed by atoms with E-state index >= 15 is 0 Å². The molecular formula is C10H18N2O3. The summed E-state index contributed by atoms with van der Waals surface area (Å²) < 4.78 is 0. The van der Waals surface area contributed by atoms with E-state index in [1.807, 2.05) is 19.1 Å². The van der Waals surface area contributed by atoms with Gasteiger partial charge < -0.3 is 16.2 Å². The first-order valence-electron chi connectivity index (χ1n) is 4.94. The number of carbonyl (C=O) groups excluding carboxylic acids is 1. The third-order valence-corrected chi connectivity index (χ3v) is 1.85. The van der Waals surface area contributed by atoms with E-state index in [-0.39, 0.29) is 18.7 Å². The molecule has 0 saturated heterocycles. The summed E-state index contributed by atoms with van der Waals surface area (Å²) in [6.07, 6.45) is 4.68. The highest BCUT2D eigenvalue weighted by atomic mass is 16.4. The van der Waals surface area contributed by atoms with Crippen LogP contribution in [0.15, 0.2) is 12.2 Å². The van der Waals surface area contributed by atoms with Crippen molar-refractivity contribution in [2.75, 3.05) is 6.54 Å². The van der Waals surface area contributed by atoms with Crippen LogP contribution in [-0.4, -0.2) is 29.6 Å². The molecule has 15 heavy (non-hydrogen) atoms. The van der Waals surface area contributed by atoms with Gasteiger partial charge in [-0.3, -0.25) is 9.59 Å². The fourth-order valence-corrected chi connectivity index (χ4v) is 0.987. The summed E-state index contributed by atoms with van der Waals surface area (Å²) in [5.74, 6) is -1.23. The normalized spacial score (nSPS) is 12.7. The monoisotopic (exact) mass is 214 g/mol. The van der Waals surface area contributed by atoms with Gasteiger partial charge in [-0.05, 0) is 19.8 Å². The van der Waals surface area contributed by atoms with Gasteiger partial charge in [0.2, 0.25) is 5.91 Å². The Morgan fingerprint density at radius 2 is 2.20 bits per heavy atom. The Morgan fingerprint density at radius 3 is 2.73 bits per heavy atom. The highest BCUT2D eigenvalue weighted by Crippen LogP contribution is 1.94. The lowest BCUT2D eigenvalue weighted by atomic mass is 10.1. The summed E-state index contributed by atoms with van der Waals surface area (Å²) in [5, 5.41) is 11.0. The summed E-state index contributed by atoms with van der Waals surface area (Å²) >= 11 is 0. The lowest BCUT2D eigenvalue weighted by Gasteiger charge is -2.10. The fourth-order valence-electron chi connectivity index (χ4n) is 0.987. The molecule has 4 N–H and O–H groups in total. The highest BCUT2D eigenvalue weighted by molar-refractivity contribution is 5.82. The van der Waals surface area contributed by atoms with Crippen LogP contribution in [0.1, 0.15) is 26.2 Å². The lowest BCUT2D eigenvalue weighted by molar-refractivity contribution is -0.137. The van der Waals surface area contributed by atoms with E-state index in [4.69, 9.17) is 10.8 Å². The minimum Gasteiger partial charge on any atom is -0.481 e. The van der Waals surface area contributed by atoms with Gasteiger partial charge in [0.25, 0.3) is 0 Å². The van der Waals surface area contributed by atoms with Crippen LogP contribution in [0.3, 0.4) is 0 Å². The van der Waals surface area contributed by atoms with Gasteiger partial charge in [-0.1, -0.05) is 12.2 Å². The Labute approximate surface area is 89.3 Å². The summed E-state index contributed by atoms with van der Waals surface area (Å²) in [6.45, 7) is 2.43. The van der Waals surface area contributed by atoms with Crippen molar-refractivity contribution in [3.05, 3.63) is 12.2 Å². The number of carboxylic acids is 1. The molecule has 5 heteroatoms. The SMILES string of the molecule is C/C=C/CCNC(=O)C(N)CCC(=O)O. The number of carboxylic acid groups (broad SMARTS) is 1. The molecule has 0 fully saturated rings. The summed E-state index contributed by atoms with van der Waals surface area (Å²) in [5.41, 5.74) is 5.49. The van der Waals surface area contributed by atoms with Crippen molar-refractivity contribution >= 4 is 11.9 Å². The largest absolute Gasteiger partial charge is 0.481 e. The number of allylic oxidation sites excluding steroid dienone is 1. The molecule has 0 aliphatic rings. The van der Waals surface area contributed by atoms with Crippen molar-refractivity contribution < 1.29 is 14.7 Å². The third kappa shape index (κ3) is 7.69. The average molecular weight is 214 g/mol. The predicted molar refractivity (Wildman–Crippen MR) is 57.3 cm³/mol. The molecule has 5 nitrogen and oxygen atoms in total. The van der Waals surface area contributed by atoms with Crippen LogP contribution in [-0.2, 0) is 9.59 Å². The van der Waals surface area contributed by atoms with Crippen molar-refractivity contribution in [3.8, 4) is 0 Å². The van der Waals surface area contributed by atoms with Gasteiger partial charge in [0.15, 0.2) is 0 Å². The van der Waals surface area contributed by atoms with E-state index in [9.17, 15) is 9.59 Å². The molecule has 0 aromatic heterocycles. The van der Waals surface area contributed by atoms with Gasteiger partial charge >= 0.3 is 5.97 Å². The molecule has 0 aromatic rings. The van der Waals surface area contributed by atoms with Gasteiger partial charge in [0, 0.05) is 13.0 Å². The zero-order valence-electron chi connectivity index (χ0n) is 8.90. The van der Waals surface area contributed by atoms with Crippen LogP contribution in [0.25, 0.3) is 0 Å². The molecule has 1 atom stereocenters. The maximum Gasteiger partial charge on any atom is 0.303 e. The standard InChI is InChI=1S/C10H18N2O3/c1-2-3-4-7-12-10(15)8(11)5-6-9(13)14/h2-3,8H,4-7,11H2,1H3,(H,12,15)(H,13,14)/b3-2+. The Bertz CT molecular complexity index is 239.